The molecular formula is C8H14N2S. The molecule has 0 radical (unpaired) electrons. The first-order valence-electron chi connectivity index (χ1n) is 3.68. The van der Waals surface area contributed by atoms with Crippen LogP contribution in [0.4, 0.5) is 0 Å². The van der Waals surface area contributed by atoms with Crippen LogP contribution in [0.1, 0.15) is 27.7 Å². The van der Waals surface area contributed by atoms with Crippen LogP contribution in [0.15, 0.2) is 4.99 Å². The Hall–Kier alpha value is -0.310. The van der Waals surface area contributed by atoms with Crippen molar-refractivity contribution in [2.24, 2.45) is 4.99 Å². The van der Waals surface area contributed by atoms with Crippen molar-refractivity contribution in [2.75, 3.05) is 0 Å². The average molecular weight is 170 g/mol. The summed E-state index contributed by atoms with van der Waals surface area (Å²) >= 11 is 1.80. The van der Waals surface area contributed by atoms with Gasteiger partial charge in [-0.15, -0.1) is 11.8 Å². The molecule has 0 spiro atoms. The highest BCUT2D eigenvalue weighted by molar-refractivity contribution is 8.03. The number of hydrogen-bond acceptors (Lipinski definition) is 3. The predicted molar refractivity (Wildman–Crippen MR) is 52.0 cm³/mol. The second kappa shape index (κ2) is 2.34. The topological polar surface area (TPSA) is 36.2 Å². The van der Waals surface area contributed by atoms with Crippen molar-refractivity contribution in [3.8, 4) is 0 Å². The van der Waals surface area contributed by atoms with Crippen LogP contribution in [0.2, 0.25) is 0 Å². The number of aliphatic imine (C=N–C) groups is 1. The van der Waals surface area contributed by atoms with E-state index in [1.807, 2.05) is 0 Å². The first kappa shape index (κ1) is 8.78. The van der Waals surface area contributed by atoms with E-state index in [2.05, 4.69) is 32.7 Å². The van der Waals surface area contributed by atoms with Crippen LogP contribution in [-0.4, -0.2) is 21.5 Å². The Morgan fingerprint density at radius 1 is 1.36 bits per heavy atom. The smallest absolute Gasteiger partial charge is 0.101 e. The van der Waals surface area contributed by atoms with Crippen LogP contribution in [-0.2, 0) is 0 Å². The van der Waals surface area contributed by atoms with Gasteiger partial charge in [0.25, 0.3) is 0 Å². The molecule has 0 fully saturated rings. The molecule has 1 N–H and O–H groups in total. The quantitative estimate of drug-likeness (QED) is 0.602. The number of nitrogens with zero attached hydrogens (tertiary/aromatic N) is 1. The second-order valence-electron chi connectivity index (χ2n) is 3.70. The minimum absolute atomic E-state index is 0.0191. The first-order chi connectivity index (χ1) is 4.87. The Bertz CT molecular complexity index is 216. The van der Waals surface area contributed by atoms with Crippen molar-refractivity contribution in [1.82, 2.24) is 0 Å². The fourth-order valence-corrected chi connectivity index (χ4v) is 2.93. The van der Waals surface area contributed by atoms with Gasteiger partial charge in [-0.3, -0.25) is 4.99 Å². The van der Waals surface area contributed by atoms with E-state index in [9.17, 15) is 0 Å². The fourth-order valence-electron chi connectivity index (χ4n) is 1.33. The van der Waals surface area contributed by atoms with Crippen LogP contribution >= 0.6 is 11.8 Å². The highest BCUT2D eigenvalue weighted by atomic mass is 32.2. The summed E-state index contributed by atoms with van der Waals surface area (Å²) in [4.78, 5) is 4.38. The lowest BCUT2D eigenvalue weighted by molar-refractivity contribution is 0.774. The minimum atomic E-state index is -0.0453. The van der Waals surface area contributed by atoms with Crippen molar-refractivity contribution in [2.45, 2.75) is 37.3 Å². The lowest BCUT2D eigenvalue weighted by Gasteiger charge is -2.20. The summed E-state index contributed by atoms with van der Waals surface area (Å²) in [5, 5.41) is 7.16. The predicted octanol–water partition coefficient (Wildman–Crippen LogP) is 2.34. The van der Waals surface area contributed by atoms with E-state index in [1.54, 1.807) is 11.8 Å². The zero-order valence-electron chi connectivity index (χ0n) is 7.43. The number of nitrogens with one attached hydrogen (secondary N) is 1. The Morgan fingerprint density at radius 2 is 1.91 bits per heavy atom. The zero-order valence-corrected chi connectivity index (χ0v) is 8.25. The monoisotopic (exact) mass is 170 g/mol. The third-order valence-electron chi connectivity index (χ3n) is 1.65. The molecule has 0 aliphatic carbocycles. The van der Waals surface area contributed by atoms with E-state index >= 15 is 0 Å². The van der Waals surface area contributed by atoms with Gasteiger partial charge in [-0.2, -0.15) is 0 Å². The fraction of sp³-hybridized carbons (Fsp3) is 0.750. The molecule has 0 saturated heterocycles. The van der Waals surface area contributed by atoms with Crippen molar-refractivity contribution in [3.63, 3.8) is 0 Å². The molecule has 3 heteroatoms. The number of hydrogen-bond donors (Lipinski definition) is 1. The van der Waals surface area contributed by atoms with E-state index in [0.29, 0.717) is 0 Å². The minimum Gasteiger partial charge on any atom is -0.307 e. The van der Waals surface area contributed by atoms with E-state index in [4.69, 9.17) is 5.41 Å². The summed E-state index contributed by atoms with van der Waals surface area (Å²) in [5.74, 6) is 0. The average Bonchev–Trinajstić information content (AvgIpc) is 1.99. The Morgan fingerprint density at radius 3 is 2.09 bits per heavy atom. The van der Waals surface area contributed by atoms with Gasteiger partial charge in [-0.05, 0) is 27.7 Å². The molecule has 11 heavy (non-hydrogen) atoms. The molecule has 0 aromatic heterocycles. The summed E-state index contributed by atoms with van der Waals surface area (Å²) in [6, 6.07) is 0. The van der Waals surface area contributed by atoms with Crippen molar-refractivity contribution >= 4 is 23.7 Å². The SMILES string of the molecule is CC1(C)N=C(C=N)C(C)(C)S1. The summed E-state index contributed by atoms with van der Waals surface area (Å²) in [5.41, 5.74) is 0.896. The number of thioether (sulfide) groups is 1. The second-order valence-corrected chi connectivity index (χ2v) is 5.92. The Kier molecular flexibility index (Phi) is 1.87. The molecule has 0 aromatic carbocycles. The molecule has 0 atom stereocenters. The summed E-state index contributed by atoms with van der Waals surface area (Å²) in [7, 11) is 0. The van der Waals surface area contributed by atoms with Gasteiger partial charge in [0.15, 0.2) is 0 Å². The molecule has 0 bridgehead atoms. The molecule has 1 aliphatic heterocycles. The van der Waals surface area contributed by atoms with E-state index in [1.165, 1.54) is 6.21 Å². The Balaban J connectivity index is 2.98. The molecule has 2 nitrogen and oxygen atoms in total. The third kappa shape index (κ3) is 1.64. The highest BCUT2D eigenvalue weighted by Crippen LogP contribution is 2.43. The van der Waals surface area contributed by atoms with Gasteiger partial charge in [-0.1, -0.05) is 0 Å². The largest absolute Gasteiger partial charge is 0.307 e. The van der Waals surface area contributed by atoms with Gasteiger partial charge in [0.1, 0.15) is 4.87 Å². The molecule has 0 amide bonds. The summed E-state index contributed by atoms with van der Waals surface area (Å²) < 4.78 is 0.0191. The summed E-state index contributed by atoms with van der Waals surface area (Å²) in [6.07, 6.45) is 1.36. The molecule has 0 unspecified atom stereocenters. The van der Waals surface area contributed by atoms with Crippen LogP contribution < -0.4 is 0 Å². The van der Waals surface area contributed by atoms with E-state index in [-0.39, 0.29) is 9.62 Å². The maximum absolute atomic E-state index is 7.16. The van der Waals surface area contributed by atoms with E-state index in [0.717, 1.165) is 5.71 Å². The normalized spacial score (nSPS) is 26.4. The summed E-state index contributed by atoms with van der Waals surface area (Å²) in [6.45, 7) is 8.37. The number of rotatable bonds is 1. The lowest BCUT2D eigenvalue weighted by atomic mass is 10.1. The van der Waals surface area contributed by atoms with Crippen molar-refractivity contribution in [1.29, 1.82) is 5.41 Å². The van der Waals surface area contributed by atoms with E-state index < -0.39 is 0 Å². The lowest BCUT2D eigenvalue weighted by Crippen LogP contribution is -2.25. The van der Waals surface area contributed by atoms with Crippen LogP contribution in [0.3, 0.4) is 0 Å². The van der Waals surface area contributed by atoms with Gasteiger partial charge >= 0.3 is 0 Å². The molecule has 0 saturated carbocycles. The Labute approximate surface area is 72.0 Å². The van der Waals surface area contributed by atoms with Gasteiger partial charge < -0.3 is 5.41 Å². The van der Waals surface area contributed by atoms with Crippen molar-refractivity contribution < 1.29 is 0 Å². The molecule has 1 aliphatic rings. The maximum atomic E-state index is 7.16. The first-order valence-corrected chi connectivity index (χ1v) is 4.50. The standard InChI is InChI=1S/C8H14N2S/c1-7(2)6(5-9)10-8(3,4)11-7/h5,9H,1-4H3. The molecular weight excluding hydrogens is 156 g/mol. The molecule has 1 rings (SSSR count). The van der Waals surface area contributed by atoms with Crippen molar-refractivity contribution in [3.05, 3.63) is 0 Å². The van der Waals surface area contributed by atoms with Gasteiger partial charge in [-0.25, -0.2) is 0 Å². The van der Waals surface area contributed by atoms with Crippen LogP contribution in [0.25, 0.3) is 0 Å². The van der Waals surface area contributed by atoms with Gasteiger partial charge in [0, 0.05) is 6.21 Å². The highest BCUT2D eigenvalue weighted by Gasteiger charge is 2.39. The van der Waals surface area contributed by atoms with Gasteiger partial charge in [0.05, 0.1) is 10.5 Å². The zero-order chi connectivity index (χ0) is 8.70. The van der Waals surface area contributed by atoms with Gasteiger partial charge in [0.2, 0.25) is 0 Å². The molecule has 0 aromatic rings. The van der Waals surface area contributed by atoms with Crippen LogP contribution in [0.5, 0.6) is 0 Å². The molecule has 62 valence electrons. The molecule has 1 heterocycles. The van der Waals surface area contributed by atoms with Crippen LogP contribution in [0, 0.1) is 5.41 Å². The maximum Gasteiger partial charge on any atom is 0.101 e. The third-order valence-corrected chi connectivity index (χ3v) is 2.96.